The second-order valence-corrected chi connectivity index (χ2v) is 5.68. The van der Waals surface area contributed by atoms with Crippen LogP contribution >= 0.6 is 0 Å². The fraction of sp³-hybridized carbons (Fsp3) is 0.263. The molecule has 0 heterocycles. The molecule has 4 nitrogen and oxygen atoms in total. The second kappa shape index (κ2) is 7.58. The van der Waals surface area contributed by atoms with Crippen LogP contribution in [0.2, 0.25) is 0 Å². The zero-order valence-electron chi connectivity index (χ0n) is 13.6. The minimum absolute atomic E-state index is 0.355. The van der Waals surface area contributed by atoms with E-state index in [2.05, 4.69) is 19.2 Å². The third kappa shape index (κ3) is 4.68. The monoisotopic (exact) mass is 311 g/mol. The molecule has 0 aliphatic rings. The molecule has 1 atom stereocenters. The maximum Gasteiger partial charge on any atom is 0.338 e. The van der Waals surface area contributed by atoms with Gasteiger partial charge in [-0.2, -0.15) is 0 Å². The van der Waals surface area contributed by atoms with E-state index in [0.29, 0.717) is 17.2 Å². The molecule has 0 radical (unpaired) electrons. The predicted molar refractivity (Wildman–Crippen MR) is 90.5 cm³/mol. The first kappa shape index (κ1) is 16.7. The Labute approximate surface area is 136 Å². The first-order valence-electron chi connectivity index (χ1n) is 7.64. The molecule has 2 rings (SSSR count). The standard InChI is InChI=1S/C19H21NO3/c1-13(2)15-9-11-17(12-10-15)20-18(21)14(3)23-19(22)16-7-5-4-6-8-16/h4-14H,1-3H3,(H,20,21)/t14-/m0/s1. The number of ether oxygens (including phenoxy) is 1. The Morgan fingerprint density at radius 1 is 0.913 bits per heavy atom. The lowest BCUT2D eigenvalue weighted by Gasteiger charge is -2.14. The Morgan fingerprint density at radius 3 is 2.09 bits per heavy atom. The molecule has 0 unspecified atom stereocenters. The number of nitrogens with one attached hydrogen (secondary N) is 1. The molecule has 0 bridgehead atoms. The summed E-state index contributed by atoms with van der Waals surface area (Å²) in [5, 5.41) is 2.75. The fourth-order valence-corrected chi connectivity index (χ4v) is 2.05. The first-order valence-corrected chi connectivity index (χ1v) is 7.64. The minimum Gasteiger partial charge on any atom is -0.449 e. The van der Waals surface area contributed by atoms with Crippen LogP contribution in [0.4, 0.5) is 5.69 Å². The van der Waals surface area contributed by atoms with E-state index in [9.17, 15) is 9.59 Å². The molecule has 2 aromatic carbocycles. The highest BCUT2D eigenvalue weighted by Gasteiger charge is 2.18. The van der Waals surface area contributed by atoms with Crippen molar-refractivity contribution in [2.45, 2.75) is 32.8 Å². The predicted octanol–water partition coefficient (Wildman–Crippen LogP) is 3.99. The summed E-state index contributed by atoms with van der Waals surface area (Å²) in [5.41, 5.74) is 2.31. The molecule has 0 aromatic heterocycles. The van der Waals surface area contributed by atoms with Crippen LogP contribution in [-0.4, -0.2) is 18.0 Å². The summed E-state index contributed by atoms with van der Waals surface area (Å²) in [6.45, 7) is 5.77. The number of carbonyl (C=O) groups excluding carboxylic acids is 2. The molecule has 2 aromatic rings. The number of rotatable bonds is 5. The van der Waals surface area contributed by atoms with Gasteiger partial charge < -0.3 is 10.1 Å². The molecule has 0 saturated carbocycles. The molecule has 1 N–H and O–H groups in total. The van der Waals surface area contributed by atoms with Crippen LogP contribution in [0.1, 0.15) is 42.6 Å². The Kier molecular flexibility index (Phi) is 5.52. The minimum atomic E-state index is -0.868. The fourth-order valence-electron chi connectivity index (χ4n) is 2.05. The average molecular weight is 311 g/mol. The third-order valence-corrected chi connectivity index (χ3v) is 3.51. The molecule has 4 heteroatoms. The van der Waals surface area contributed by atoms with Crippen molar-refractivity contribution < 1.29 is 14.3 Å². The van der Waals surface area contributed by atoms with Gasteiger partial charge in [0, 0.05) is 5.69 Å². The van der Waals surface area contributed by atoms with Crippen molar-refractivity contribution in [3.05, 3.63) is 65.7 Å². The van der Waals surface area contributed by atoms with Crippen molar-refractivity contribution in [3.8, 4) is 0 Å². The van der Waals surface area contributed by atoms with E-state index in [-0.39, 0.29) is 5.91 Å². The largest absolute Gasteiger partial charge is 0.449 e. The highest BCUT2D eigenvalue weighted by Crippen LogP contribution is 2.17. The molecule has 23 heavy (non-hydrogen) atoms. The topological polar surface area (TPSA) is 55.4 Å². The van der Waals surface area contributed by atoms with Crippen LogP contribution in [-0.2, 0) is 9.53 Å². The maximum atomic E-state index is 12.1. The smallest absolute Gasteiger partial charge is 0.338 e. The Bertz CT molecular complexity index is 663. The van der Waals surface area contributed by atoms with E-state index in [4.69, 9.17) is 4.74 Å². The second-order valence-electron chi connectivity index (χ2n) is 5.68. The van der Waals surface area contributed by atoms with Gasteiger partial charge in [0.25, 0.3) is 5.91 Å². The molecule has 0 saturated heterocycles. The molecule has 0 fully saturated rings. The van der Waals surface area contributed by atoms with E-state index in [1.165, 1.54) is 5.56 Å². The summed E-state index contributed by atoms with van der Waals surface area (Å²) in [6.07, 6.45) is -0.868. The molecular weight excluding hydrogens is 290 g/mol. The Hall–Kier alpha value is -2.62. The molecule has 0 aliphatic heterocycles. The van der Waals surface area contributed by atoms with Crippen molar-refractivity contribution in [2.24, 2.45) is 0 Å². The normalized spacial score (nSPS) is 11.8. The van der Waals surface area contributed by atoms with Gasteiger partial charge in [0.1, 0.15) is 0 Å². The van der Waals surface area contributed by atoms with E-state index in [1.54, 1.807) is 31.2 Å². The number of esters is 1. The van der Waals surface area contributed by atoms with E-state index >= 15 is 0 Å². The summed E-state index contributed by atoms with van der Waals surface area (Å²) in [5.74, 6) is -0.430. The van der Waals surface area contributed by atoms with E-state index in [1.807, 2.05) is 30.3 Å². The van der Waals surface area contributed by atoms with Gasteiger partial charge in [-0.1, -0.05) is 44.2 Å². The van der Waals surface area contributed by atoms with E-state index in [0.717, 1.165) is 0 Å². The van der Waals surface area contributed by atoms with Crippen LogP contribution in [0.3, 0.4) is 0 Å². The Balaban J connectivity index is 1.93. The zero-order valence-corrected chi connectivity index (χ0v) is 13.6. The van der Waals surface area contributed by atoms with Crippen molar-refractivity contribution in [1.82, 2.24) is 0 Å². The lowest BCUT2D eigenvalue weighted by atomic mass is 10.0. The van der Waals surface area contributed by atoms with Crippen molar-refractivity contribution in [1.29, 1.82) is 0 Å². The summed E-state index contributed by atoms with van der Waals surface area (Å²) in [6, 6.07) is 16.2. The van der Waals surface area contributed by atoms with Crippen molar-refractivity contribution in [3.63, 3.8) is 0 Å². The van der Waals surface area contributed by atoms with Gasteiger partial charge in [-0.25, -0.2) is 4.79 Å². The summed E-state index contributed by atoms with van der Waals surface area (Å²) >= 11 is 0. The van der Waals surface area contributed by atoms with Gasteiger partial charge in [0.15, 0.2) is 6.10 Å². The van der Waals surface area contributed by atoms with Crippen molar-refractivity contribution >= 4 is 17.6 Å². The van der Waals surface area contributed by atoms with Gasteiger partial charge in [0.2, 0.25) is 0 Å². The lowest BCUT2D eigenvalue weighted by Crippen LogP contribution is -2.30. The van der Waals surface area contributed by atoms with Crippen LogP contribution in [0.5, 0.6) is 0 Å². The molecule has 0 aliphatic carbocycles. The highest BCUT2D eigenvalue weighted by atomic mass is 16.5. The third-order valence-electron chi connectivity index (χ3n) is 3.51. The van der Waals surface area contributed by atoms with Crippen molar-refractivity contribution in [2.75, 3.05) is 5.32 Å². The van der Waals surface area contributed by atoms with Crippen LogP contribution < -0.4 is 5.32 Å². The number of hydrogen-bond donors (Lipinski definition) is 1. The van der Waals surface area contributed by atoms with Crippen LogP contribution in [0, 0.1) is 0 Å². The number of benzene rings is 2. The lowest BCUT2D eigenvalue weighted by molar-refractivity contribution is -0.123. The molecule has 0 spiro atoms. The SMILES string of the molecule is CC(C)c1ccc(NC(=O)[C@H](C)OC(=O)c2ccccc2)cc1. The van der Waals surface area contributed by atoms with Gasteiger partial charge in [0.05, 0.1) is 5.56 Å². The zero-order chi connectivity index (χ0) is 16.8. The first-order chi connectivity index (χ1) is 11.0. The molecule has 120 valence electrons. The summed E-state index contributed by atoms with van der Waals surface area (Å²) in [4.78, 5) is 24.0. The molecule has 1 amide bonds. The number of hydrogen-bond acceptors (Lipinski definition) is 3. The summed E-state index contributed by atoms with van der Waals surface area (Å²) in [7, 11) is 0. The summed E-state index contributed by atoms with van der Waals surface area (Å²) < 4.78 is 5.18. The van der Waals surface area contributed by atoms with Gasteiger partial charge in [-0.15, -0.1) is 0 Å². The van der Waals surface area contributed by atoms with Crippen LogP contribution in [0.25, 0.3) is 0 Å². The van der Waals surface area contributed by atoms with E-state index < -0.39 is 12.1 Å². The average Bonchev–Trinajstić information content (AvgIpc) is 2.56. The number of amides is 1. The van der Waals surface area contributed by atoms with Gasteiger partial charge in [-0.3, -0.25) is 4.79 Å². The van der Waals surface area contributed by atoms with Gasteiger partial charge >= 0.3 is 5.97 Å². The quantitative estimate of drug-likeness (QED) is 0.849. The van der Waals surface area contributed by atoms with Gasteiger partial charge in [-0.05, 0) is 42.7 Å². The van der Waals surface area contributed by atoms with Crippen LogP contribution in [0.15, 0.2) is 54.6 Å². The Morgan fingerprint density at radius 2 is 1.52 bits per heavy atom. The number of anilines is 1. The molecular formula is C19H21NO3. The number of carbonyl (C=O) groups is 2. The maximum absolute atomic E-state index is 12.1. The highest BCUT2D eigenvalue weighted by molar-refractivity contribution is 5.97.